The number of aromatic nitrogens is 1. The normalized spacial score (nSPS) is 11.7. The van der Waals surface area contributed by atoms with Crippen molar-refractivity contribution in [2.75, 3.05) is 10.6 Å². The average Bonchev–Trinajstić information content (AvgIpc) is 3.40. The first-order valence-electron chi connectivity index (χ1n) is 13.9. The maximum Gasteiger partial charge on any atom is 0.255 e. The van der Waals surface area contributed by atoms with E-state index < -0.39 is 5.25 Å². The van der Waals surface area contributed by atoms with Crippen molar-refractivity contribution in [3.05, 3.63) is 143 Å². The van der Waals surface area contributed by atoms with Gasteiger partial charge in [0, 0.05) is 26.6 Å². The lowest BCUT2D eigenvalue weighted by Gasteiger charge is -2.16. The number of aryl methyl sites for hydroxylation is 2. The third-order valence-corrected chi connectivity index (χ3v) is 9.22. The molecule has 2 N–H and O–H groups in total. The molecular weight excluding hydrogens is 571 g/mol. The fraction of sp³-hybridized carbons (Fsp3) is 0.0833. The van der Waals surface area contributed by atoms with Gasteiger partial charge in [0.25, 0.3) is 5.91 Å². The molecule has 0 saturated carbocycles. The SMILES string of the molecule is Cc1ccc(-c2nc(NC(=O)C(Sc3ccc(NC(=O)c4ccc5ccccc5c4)cc3)c3ccccc3)sc2C)cc1. The molecule has 5 aromatic carbocycles. The van der Waals surface area contributed by atoms with Crippen LogP contribution in [0.4, 0.5) is 10.8 Å². The number of nitrogens with one attached hydrogen (secondary N) is 2. The molecule has 0 aliphatic carbocycles. The van der Waals surface area contributed by atoms with E-state index in [-0.39, 0.29) is 11.8 Å². The van der Waals surface area contributed by atoms with Crippen molar-refractivity contribution in [3.63, 3.8) is 0 Å². The standard InChI is InChI=1S/C36H29N3O2S2/c1-23-12-14-26(15-13-23)32-24(2)42-36(38-32)39-35(41)33(27-9-4-3-5-10-27)43-31-20-18-30(19-21-31)37-34(40)29-17-16-25-8-6-7-11-28(25)22-29/h3-22,33H,1-2H3,(H,37,40)(H,38,39,41). The van der Waals surface area contributed by atoms with Crippen molar-refractivity contribution in [1.82, 2.24) is 4.98 Å². The second kappa shape index (κ2) is 12.7. The number of nitrogens with zero attached hydrogens (tertiary/aromatic N) is 1. The molecule has 1 atom stereocenters. The summed E-state index contributed by atoms with van der Waals surface area (Å²) in [5.74, 6) is -0.314. The molecule has 6 aromatic rings. The molecule has 0 radical (unpaired) electrons. The smallest absolute Gasteiger partial charge is 0.255 e. The van der Waals surface area contributed by atoms with Gasteiger partial charge in [0.15, 0.2) is 5.13 Å². The highest BCUT2D eigenvalue weighted by Crippen LogP contribution is 2.38. The number of anilines is 2. The van der Waals surface area contributed by atoms with Crippen LogP contribution < -0.4 is 10.6 Å². The Kier molecular flexibility index (Phi) is 8.36. The molecular formula is C36H29N3O2S2. The summed E-state index contributed by atoms with van der Waals surface area (Å²) in [5.41, 5.74) is 5.28. The van der Waals surface area contributed by atoms with Gasteiger partial charge in [-0.05, 0) is 66.6 Å². The Hall–Kier alpha value is -4.72. The molecule has 5 nitrogen and oxygen atoms in total. The van der Waals surface area contributed by atoms with Crippen molar-refractivity contribution < 1.29 is 9.59 Å². The number of thioether (sulfide) groups is 1. The van der Waals surface area contributed by atoms with E-state index in [2.05, 4.69) is 41.8 Å². The second-order valence-corrected chi connectivity index (χ2v) is 12.6. The first-order valence-corrected chi connectivity index (χ1v) is 15.6. The van der Waals surface area contributed by atoms with Gasteiger partial charge >= 0.3 is 0 Å². The van der Waals surface area contributed by atoms with Gasteiger partial charge in [0.2, 0.25) is 5.91 Å². The Bertz CT molecular complexity index is 1900. The summed E-state index contributed by atoms with van der Waals surface area (Å²) in [6.07, 6.45) is 0. The minimum atomic E-state index is -0.494. The number of fused-ring (bicyclic) bond motifs is 1. The summed E-state index contributed by atoms with van der Waals surface area (Å²) in [7, 11) is 0. The molecule has 0 saturated heterocycles. The molecule has 7 heteroatoms. The molecule has 0 fully saturated rings. The molecule has 1 aromatic heterocycles. The summed E-state index contributed by atoms with van der Waals surface area (Å²) in [4.78, 5) is 33.3. The molecule has 6 rings (SSSR count). The van der Waals surface area contributed by atoms with Crippen LogP contribution >= 0.6 is 23.1 Å². The van der Waals surface area contributed by atoms with Crippen LogP contribution in [0.3, 0.4) is 0 Å². The zero-order chi connectivity index (χ0) is 29.8. The van der Waals surface area contributed by atoms with Gasteiger partial charge in [-0.1, -0.05) is 90.5 Å². The van der Waals surface area contributed by atoms with E-state index in [4.69, 9.17) is 4.98 Å². The quantitative estimate of drug-likeness (QED) is 0.171. The van der Waals surface area contributed by atoms with E-state index in [9.17, 15) is 9.59 Å². The summed E-state index contributed by atoms with van der Waals surface area (Å²) < 4.78 is 0. The molecule has 0 aliphatic rings. The van der Waals surface area contributed by atoms with Crippen LogP contribution in [-0.4, -0.2) is 16.8 Å². The maximum absolute atomic E-state index is 13.7. The van der Waals surface area contributed by atoms with Gasteiger partial charge in [0.05, 0.1) is 5.69 Å². The van der Waals surface area contributed by atoms with Crippen molar-refractivity contribution in [2.45, 2.75) is 24.0 Å². The molecule has 0 aliphatic heterocycles. The van der Waals surface area contributed by atoms with E-state index in [0.717, 1.165) is 37.4 Å². The Morgan fingerprint density at radius 1 is 0.744 bits per heavy atom. The highest BCUT2D eigenvalue weighted by Gasteiger charge is 2.24. The minimum absolute atomic E-state index is 0.144. The van der Waals surface area contributed by atoms with Gasteiger partial charge in [-0.25, -0.2) is 4.98 Å². The fourth-order valence-corrected chi connectivity index (χ4v) is 6.65. The molecule has 43 heavy (non-hydrogen) atoms. The first-order chi connectivity index (χ1) is 20.9. The number of benzene rings is 5. The van der Waals surface area contributed by atoms with Crippen LogP contribution in [0, 0.1) is 13.8 Å². The Labute approximate surface area is 259 Å². The lowest BCUT2D eigenvalue weighted by Crippen LogP contribution is -2.19. The Balaban J connectivity index is 1.17. The van der Waals surface area contributed by atoms with E-state index >= 15 is 0 Å². The van der Waals surface area contributed by atoms with Crippen molar-refractivity contribution in [2.24, 2.45) is 0 Å². The maximum atomic E-state index is 13.7. The molecule has 0 spiro atoms. The van der Waals surface area contributed by atoms with Crippen LogP contribution in [0.15, 0.2) is 126 Å². The highest BCUT2D eigenvalue weighted by atomic mass is 32.2. The van der Waals surface area contributed by atoms with E-state index in [1.165, 1.54) is 28.7 Å². The Morgan fingerprint density at radius 3 is 2.19 bits per heavy atom. The minimum Gasteiger partial charge on any atom is -0.322 e. The van der Waals surface area contributed by atoms with E-state index in [0.29, 0.717) is 16.4 Å². The van der Waals surface area contributed by atoms with Gasteiger partial charge in [0.1, 0.15) is 5.25 Å². The number of hydrogen-bond donors (Lipinski definition) is 2. The number of thiazole rings is 1. The fourth-order valence-electron chi connectivity index (χ4n) is 4.79. The number of amides is 2. The summed E-state index contributed by atoms with van der Waals surface area (Å²) in [6.45, 7) is 4.08. The topological polar surface area (TPSA) is 71.1 Å². The molecule has 1 heterocycles. The predicted octanol–water partition coefficient (Wildman–Crippen LogP) is 9.30. The number of rotatable bonds is 8. The summed E-state index contributed by atoms with van der Waals surface area (Å²) >= 11 is 2.93. The average molecular weight is 600 g/mol. The monoisotopic (exact) mass is 599 g/mol. The number of carbonyl (C=O) groups excluding carboxylic acids is 2. The van der Waals surface area contributed by atoms with Crippen molar-refractivity contribution >= 4 is 56.5 Å². The van der Waals surface area contributed by atoms with Crippen LogP contribution in [0.5, 0.6) is 0 Å². The second-order valence-electron chi connectivity index (χ2n) is 10.2. The van der Waals surface area contributed by atoms with Crippen molar-refractivity contribution in [3.8, 4) is 11.3 Å². The van der Waals surface area contributed by atoms with Crippen LogP contribution in [0.2, 0.25) is 0 Å². The first kappa shape index (κ1) is 28.4. The van der Waals surface area contributed by atoms with Gasteiger partial charge in [-0.3, -0.25) is 9.59 Å². The predicted molar refractivity (Wildman–Crippen MR) is 179 cm³/mol. The van der Waals surface area contributed by atoms with Crippen molar-refractivity contribution in [1.29, 1.82) is 0 Å². The summed E-state index contributed by atoms with van der Waals surface area (Å²) in [5, 5.41) is 8.24. The third kappa shape index (κ3) is 6.69. The molecule has 1 unspecified atom stereocenters. The van der Waals surface area contributed by atoms with Crippen LogP contribution in [0.25, 0.3) is 22.0 Å². The van der Waals surface area contributed by atoms with Crippen LogP contribution in [0.1, 0.15) is 31.6 Å². The summed E-state index contributed by atoms with van der Waals surface area (Å²) in [6, 6.07) is 39.2. The number of carbonyl (C=O) groups is 2. The molecule has 0 bridgehead atoms. The largest absolute Gasteiger partial charge is 0.322 e. The zero-order valence-electron chi connectivity index (χ0n) is 23.7. The van der Waals surface area contributed by atoms with E-state index in [1.807, 2.05) is 104 Å². The highest BCUT2D eigenvalue weighted by molar-refractivity contribution is 8.00. The lowest BCUT2D eigenvalue weighted by molar-refractivity contribution is -0.115. The Morgan fingerprint density at radius 2 is 1.44 bits per heavy atom. The van der Waals surface area contributed by atoms with E-state index in [1.54, 1.807) is 0 Å². The van der Waals surface area contributed by atoms with Gasteiger partial charge in [-0.15, -0.1) is 23.1 Å². The third-order valence-electron chi connectivity index (χ3n) is 7.07. The van der Waals surface area contributed by atoms with Gasteiger partial charge < -0.3 is 10.6 Å². The molecule has 212 valence electrons. The van der Waals surface area contributed by atoms with Crippen LogP contribution in [-0.2, 0) is 4.79 Å². The lowest BCUT2D eigenvalue weighted by atomic mass is 10.1. The number of hydrogen-bond acceptors (Lipinski definition) is 5. The molecule has 2 amide bonds. The van der Waals surface area contributed by atoms with Gasteiger partial charge in [-0.2, -0.15) is 0 Å². The zero-order valence-corrected chi connectivity index (χ0v) is 25.3.